The van der Waals surface area contributed by atoms with Crippen molar-refractivity contribution in [1.82, 2.24) is 0 Å². The fourth-order valence-corrected chi connectivity index (χ4v) is 2.92. The molecule has 1 amide bonds. The zero-order chi connectivity index (χ0) is 19.9. The number of thioether (sulfide) groups is 1. The maximum absolute atomic E-state index is 12.3. The van der Waals surface area contributed by atoms with E-state index in [1.807, 2.05) is 30.5 Å². The minimum Gasteiger partial charge on any atom is -0.493 e. The van der Waals surface area contributed by atoms with E-state index in [0.717, 1.165) is 16.1 Å². The molecule has 0 aliphatic rings. The third-order valence-corrected chi connectivity index (χ3v) is 4.44. The maximum Gasteiger partial charge on any atom is 0.422 e. The standard InChI is InChI=1S/C19H20F3NO3S/c1-25-16-11-13(7-9-15(16)26-12-19(20,21)22)8-10-18(24)23-14-5-3-4-6-17(14)27-2/h3-7,9,11H,8,10,12H2,1-2H3,(H,23,24). The van der Waals surface area contributed by atoms with Gasteiger partial charge >= 0.3 is 6.18 Å². The van der Waals surface area contributed by atoms with E-state index in [9.17, 15) is 18.0 Å². The first-order valence-electron chi connectivity index (χ1n) is 8.11. The lowest BCUT2D eigenvalue weighted by Crippen LogP contribution is -2.19. The summed E-state index contributed by atoms with van der Waals surface area (Å²) in [4.78, 5) is 13.2. The summed E-state index contributed by atoms with van der Waals surface area (Å²) in [5.74, 6) is 0.0645. The van der Waals surface area contributed by atoms with E-state index in [4.69, 9.17) is 9.47 Å². The average Bonchev–Trinajstić information content (AvgIpc) is 2.64. The van der Waals surface area contributed by atoms with Crippen molar-refractivity contribution in [3.8, 4) is 11.5 Å². The van der Waals surface area contributed by atoms with E-state index in [1.165, 1.54) is 24.9 Å². The Balaban J connectivity index is 1.96. The summed E-state index contributed by atoms with van der Waals surface area (Å²) in [5, 5.41) is 2.87. The van der Waals surface area contributed by atoms with Crippen molar-refractivity contribution < 1.29 is 27.4 Å². The molecule has 2 rings (SSSR count). The third kappa shape index (κ3) is 6.71. The Bertz CT molecular complexity index is 781. The van der Waals surface area contributed by atoms with Crippen LogP contribution in [0.25, 0.3) is 0 Å². The lowest BCUT2D eigenvalue weighted by atomic mass is 10.1. The summed E-state index contributed by atoms with van der Waals surface area (Å²) in [7, 11) is 1.35. The van der Waals surface area contributed by atoms with Crippen LogP contribution < -0.4 is 14.8 Å². The molecule has 0 aliphatic carbocycles. The first-order valence-corrected chi connectivity index (χ1v) is 9.34. The van der Waals surface area contributed by atoms with Gasteiger partial charge in [0.25, 0.3) is 0 Å². The number of rotatable bonds is 8. The van der Waals surface area contributed by atoms with Crippen LogP contribution in [0.3, 0.4) is 0 Å². The Morgan fingerprint density at radius 1 is 1.15 bits per heavy atom. The molecule has 0 saturated heterocycles. The Morgan fingerprint density at radius 3 is 2.56 bits per heavy atom. The van der Waals surface area contributed by atoms with E-state index >= 15 is 0 Å². The highest BCUT2D eigenvalue weighted by Gasteiger charge is 2.29. The smallest absolute Gasteiger partial charge is 0.422 e. The molecular formula is C19H20F3NO3S. The molecule has 0 bridgehead atoms. The van der Waals surface area contributed by atoms with Crippen LogP contribution in [0.1, 0.15) is 12.0 Å². The van der Waals surface area contributed by atoms with Crippen molar-refractivity contribution in [2.24, 2.45) is 0 Å². The van der Waals surface area contributed by atoms with Gasteiger partial charge in [0.05, 0.1) is 12.8 Å². The lowest BCUT2D eigenvalue weighted by Gasteiger charge is -2.14. The number of hydrogen-bond acceptors (Lipinski definition) is 4. The number of para-hydroxylation sites is 1. The highest BCUT2D eigenvalue weighted by Crippen LogP contribution is 2.30. The molecule has 0 aromatic heterocycles. The fraction of sp³-hybridized carbons (Fsp3) is 0.316. The van der Waals surface area contributed by atoms with Crippen LogP contribution in [0.15, 0.2) is 47.4 Å². The molecule has 0 aliphatic heterocycles. The Hall–Kier alpha value is -2.35. The molecule has 4 nitrogen and oxygen atoms in total. The van der Waals surface area contributed by atoms with Crippen molar-refractivity contribution in [1.29, 1.82) is 0 Å². The molecule has 0 unspecified atom stereocenters. The molecule has 0 radical (unpaired) electrons. The predicted octanol–water partition coefficient (Wildman–Crippen LogP) is 4.93. The number of carbonyl (C=O) groups excluding carboxylic acids is 1. The number of halogens is 3. The molecule has 1 N–H and O–H groups in total. The van der Waals surface area contributed by atoms with Crippen LogP contribution in [0, 0.1) is 0 Å². The second kappa shape index (κ2) is 9.55. The van der Waals surface area contributed by atoms with Gasteiger partial charge in [0, 0.05) is 11.3 Å². The third-order valence-electron chi connectivity index (χ3n) is 3.64. The summed E-state index contributed by atoms with van der Waals surface area (Å²) in [6.45, 7) is -1.39. The van der Waals surface area contributed by atoms with E-state index < -0.39 is 12.8 Å². The normalized spacial score (nSPS) is 11.1. The van der Waals surface area contributed by atoms with Crippen LogP contribution in [-0.4, -0.2) is 32.1 Å². The van der Waals surface area contributed by atoms with Crippen molar-refractivity contribution in [2.75, 3.05) is 25.3 Å². The van der Waals surface area contributed by atoms with Gasteiger partial charge in [0.2, 0.25) is 5.91 Å². The molecule has 0 heterocycles. The van der Waals surface area contributed by atoms with E-state index in [1.54, 1.807) is 12.1 Å². The van der Waals surface area contributed by atoms with Gasteiger partial charge in [0.15, 0.2) is 18.1 Å². The molecule has 0 atom stereocenters. The van der Waals surface area contributed by atoms with E-state index in [-0.39, 0.29) is 23.8 Å². The van der Waals surface area contributed by atoms with Crippen LogP contribution >= 0.6 is 11.8 Å². The Kier molecular flexibility index (Phi) is 7.41. The molecule has 0 saturated carbocycles. The van der Waals surface area contributed by atoms with Crippen molar-refractivity contribution in [2.45, 2.75) is 23.9 Å². The molecule has 0 fully saturated rings. The minimum atomic E-state index is -4.42. The lowest BCUT2D eigenvalue weighted by molar-refractivity contribution is -0.153. The van der Waals surface area contributed by atoms with Crippen LogP contribution in [0.5, 0.6) is 11.5 Å². The van der Waals surface area contributed by atoms with Crippen LogP contribution in [-0.2, 0) is 11.2 Å². The van der Waals surface area contributed by atoms with Gasteiger partial charge in [-0.1, -0.05) is 18.2 Å². The Labute approximate surface area is 160 Å². The quantitative estimate of drug-likeness (QED) is 0.640. The number of amides is 1. The minimum absolute atomic E-state index is 0.0110. The van der Waals surface area contributed by atoms with Crippen molar-refractivity contribution in [3.63, 3.8) is 0 Å². The zero-order valence-electron chi connectivity index (χ0n) is 14.9. The van der Waals surface area contributed by atoms with Crippen molar-refractivity contribution >= 4 is 23.4 Å². The molecule has 0 spiro atoms. The number of nitrogens with one attached hydrogen (secondary N) is 1. The summed E-state index contributed by atoms with van der Waals surface area (Å²) < 4.78 is 46.7. The summed E-state index contributed by atoms with van der Waals surface area (Å²) in [6, 6.07) is 12.1. The largest absolute Gasteiger partial charge is 0.493 e. The molecule has 146 valence electrons. The topological polar surface area (TPSA) is 47.6 Å². The molecule has 2 aromatic rings. The number of methoxy groups -OCH3 is 1. The number of ether oxygens (including phenoxy) is 2. The molecule has 8 heteroatoms. The van der Waals surface area contributed by atoms with Gasteiger partial charge < -0.3 is 14.8 Å². The maximum atomic E-state index is 12.3. The van der Waals surface area contributed by atoms with E-state index in [2.05, 4.69) is 5.32 Å². The average molecular weight is 399 g/mol. The van der Waals surface area contributed by atoms with E-state index in [0.29, 0.717) is 6.42 Å². The first-order chi connectivity index (χ1) is 12.8. The monoisotopic (exact) mass is 399 g/mol. The number of aryl methyl sites for hydroxylation is 1. The van der Waals surface area contributed by atoms with Crippen molar-refractivity contribution in [3.05, 3.63) is 48.0 Å². The summed E-state index contributed by atoms with van der Waals surface area (Å²) in [6.07, 6.45) is -1.84. The SMILES string of the molecule is COc1cc(CCC(=O)Nc2ccccc2SC)ccc1OCC(F)(F)F. The second-order valence-electron chi connectivity index (χ2n) is 5.64. The highest BCUT2D eigenvalue weighted by atomic mass is 32.2. The first kappa shape index (κ1) is 21.0. The number of benzene rings is 2. The highest BCUT2D eigenvalue weighted by molar-refractivity contribution is 7.98. The van der Waals surface area contributed by atoms with Gasteiger partial charge in [0.1, 0.15) is 0 Å². The molecular weight excluding hydrogens is 379 g/mol. The number of hydrogen-bond donors (Lipinski definition) is 1. The van der Waals surface area contributed by atoms with Gasteiger partial charge in [-0.15, -0.1) is 11.8 Å². The number of alkyl halides is 3. The van der Waals surface area contributed by atoms with Gasteiger partial charge in [-0.3, -0.25) is 4.79 Å². The zero-order valence-corrected chi connectivity index (χ0v) is 15.7. The molecule has 2 aromatic carbocycles. The van der Waals surface area contributed by atoms with Crippen LogP contribution in [0.4, 0.5) is 18.9 Å². The van der Waals surface area contributed by atoms with Gasteiger partial charge in [-0.2, -0.15) is 13.2 Å². The number of carbonyl (C=O) groups is 1. The molecule has 27 heavy (non-hydrogen) atoms. The van der Waals surface area contributed by atoms with Crippen LogP contribution in [0.2, 0.25) is 0 Å². The van der Waals surface area contributed by atoms with Gasteiger partial charge in [-0.25, -0.2) is 0 Å². The fourth-order valence-electron chi connectivity index (χ4n) is 2.36. The number of anilines is 1. The van der Waals surface area contributed by atoms with Gasteiger partial charge in [-0.05, 0) is 42.5 Å². The Morgan fingerprint density at radius 2 is 1.89 bits per heavy atom. The summed E-state index contributed by atoms with van der Waals surface area (Å²) >= 11 is 1.54. The second-order valence-corrected chi connectivity index (χ2v) is 6.49. The summed E-state index contributed by atoms with van der Waals surface area (Å²) in [5.41, 5.74) is 1.52. The predicted molar refractivity (Wildman–Crippen MR) is 99.7 cm³/mol.